The molecule has 0 aliphatic carbocycles. The quantitative estimate of drug-likeness (QED) is 0.547. The van der Waals surface area contributed by atoms with E-state index in [1.165, 1.54) is 5.56 Å². The second-order valence-corrected chi connectivity index (χ2v) is 11.7. The maximum absolute atomic E-state index is 11.7. The van der Waals surface area contributed by atoms with Crippen LogP contribution in [0, 0.1) is 5.92 Å². The Morgan fingerprint density at radius 1 is 1.19 bits per heavy atom. The van der Waals surface area contributed by atoms with Gasteiger partial charge in [0.25, 0.3) is 0 Å². The number of piperidine rings is 1. The molecule has 9 heteroatoms. The molecule has 1 saturated heterocycles. The molecule has 7 nitrogen and oxygen atoms in total. The summed E-state index contributed by atoms with van der Waals surface area (Å²) in [6.07, 6.45) is 2.09. The predicted octanol–water partition coefficient (Wildman–Crippen LogP) is 4.27. The lowest BCUT2D eigenvalue weighted by Gasteiger charge is -2.31. The summed E-state index contributed by atoms with van der Waals surface area (Å²) in [5.74, 6) is 1.07. The van der Waals surface area contributed by atoms with Crippen molar-refractivity contribution in [3.63, 3.8) is 0 Å². The van der Waals surface area contributed by atoms with E-state index in [1.54, 1.807) is 11.7 Å². The molecular formula is C23H30N6OP2. The van der Waals surface area contributed by atoms with Gasteiger partial charge in [-0.05, 0) is 60.7 Å². The Kier molecular flexibility index (Phi) is 6.88. The first kappa shape index (κ1) is 22.8. The van der Waals surface area contributed by atoms with Gasteiger partial charge in [0.05, 0.1) is 6.54 Å². The van der Waals surface area contributed by atoms with Crippen molar-refractivity contribution in [1.29, 1.82) is 0 Å². The van der Waals surface area contributed by atoms with Gasteiger partial charge in [0, 0.05) is 41.8 Å². The van der Waals surface area contributed by atoms with Crippen molar-refractivity contribution in [2.75, 3.05) is 18.4 Å². The van der Waals surface area contributed by atoms with Crippen molar-refractivity contribution in [2.24, 2.45) is 5.92 Å². The van der Waals surface area contributed by atoms with Crippen molar-refractivity contribution >= 4 is 35.8 Å². The summed E-state index contributed by atoms with van der Waals surface area (Å²) >= 11 is 0. The van der Waals surface area contributed by atoms with Crippen LogP contribution in [0.25, 0.3) is 11.4 Å². The zero-order valence-electron chi connectivity index (χ0n) is 18.5. The lowest BCUT2D eigenvalue weighted by molar-refractivity contribution is -0.130. The van der Waals surface area contributed by atoms with Crippen molar-refractivity contribution in [1.82, 2.24) is 25.1 Å². The number of benzene rings is 2. The Bertz CT molecular complexity index is 1080. The molecule has 3 atom stereocenters. The predicted molar refractivity (Wildman–Crippen MR) is 135 cm³/mol. The molecule has 1 amide bonds. The van der Waals surface area contributed by atoms with Crippen molar-refractivity contribution in [2.45, 2.75) is 38.1 Å². The summed E-state index contributed by atoms with van der Waals surface area (Å²) in [5.41, 5.74) is 4.06. The highest BCUT2D eigenvalue weighted by atomic mass is 31.1. The van der Waals surface area contributed by atoms with E-state index < -0.39 is 0 Å². The number of anilines is 2. The Balaban J connectivity index is 1.48. The number of rotatable bonds is 6. The minimum Gasteiger partial charge on any atom is -0.355 e. The van der Waals surface area contributed by atoms with Crippen LogP contribution in [0.2, 0.25) is 0 Å². The number of nitrogens with one attached hydrogen (secondary N) is 1. The van der Waals surface area contributed by atoms with Crippen LogP contribution >= 0.6 is 18.5 Å². The van der Waals surface area contributed by atoms with Crippen LogP contribution in [0.3, 0.4) is 0 Å². The normalized spacial score (nSPS) is 16.8. The molecule has 0 bridgehead atoms. The Labute approximate surface area is 193 Å². The minimum absolute atomic E-state index is 0.0430. The van der Waals surface area contributed by atoms with Crippen LogP contribution in [-0.4, -0.2) is 44.1 Å². The van der Waals surface area contributed by atoms with Gasteiger partial charge in [-0.2, -0.15) is 4.80 Å². The van der Waals surface area contributed by atoms with Gasteiger partial charge in [-0.3, -0.25) is 4.79 Å². The molecule has 0 saturated carbocycles. The van der Waals surface area contributed by atoms with Gasteiger partial charge in [0.1, 0.15) is 0 Å². The lowest BCUT2D eigenvalue weighted by atomic mass is 9.98. The summed E-state index contributed by atoms with van der Waals surface area (Å²) in [4.78, 5) is 15.2. The van der Waals surface area contributed by atoms with Crippen LogP contribution in [-0.2, 0) is 16.2 Å². The van der Waals surface area contributed by atoms with E-state index >= 15 is 0 Å². The first-order valence-corrected chi connectivity index (χ1v) is 12.0. The minimum atomic E-state index is -0.0430. The molecule has 168 valence electrons. The van der Waals surface area contributed by atoms with E-state index in [1.807, 2.05) is 29.2 Å². The molecule has 0 spiro atoms. The molecule has 1 fully saturated rings. The third-order valence-corrected chi connectivity index (χ3v) is 6.46. The third kappa shape index (κ3) is 5.51. The molecule has 3 aromatic rings. The molecule has 2 heterocycles. The molecule has 1 aliphatic heterocycles. The van der Waals surface area contributed by atoms with Crippen LogP contribution in [0.15, 0.2) is 48.5 Å². The zero-order chi connectivity index (χ0) is 22.7. The van der Waals surface area contributed by atoms with Crippen LogP contribution in [0.5, 0.6) is 0 Å². The fourth-order valence-corrected chi connectivity index (χ4v) is 4.40. The summed E-state index contributed by atoms with van der Waals surface area (Å²) < 4.78 is 0. The second kappa shape index (κ2) is 9.64. The van der Waals surface area contributed by atoms with E-state index in [-0.39, 0.29) is 10.8 Å². The third-order valence-electron chi connectivity index (χ3n) is 5.79. The molecule has 3 unspecified atom stereocenters. The van der Waals surface area contributed by atoms with Gasteiger partial charge < -0.3 is 10.2 Å². The number of hydrogen-bond donors (Lipinski definition) is 1. The number of carbonyl (C=O) groups is 1. The molecule has 1 aliphatic rings. The number of amides is 1. The smallest absolute Gasteiger partial charge is 0.219 e. The number of carbonyl (C=O) groups excluding carboxylic acids is 1. The monoisotopic (exact) mass is 468 g/mol. The number of likely N-dealkylation sites (tertiary alicyclic amines) is 1. The van der Waals surface area contributed by atoms with Gasteiger partial charge in [0.15, 0.2) is 0 Å². The van der Waals surface area contributed by atoms with Gasteiger partial charge >= 0.3 is 0 Å². The van der Waals surface area contributed by atoms with Gasteiger partial charge in [-0.1, -0.05) is 24.3 Å². The average Bonchev–Trinajstić information content (AvgIpc) is 3.22. The van der Waals surface area contributed by atoms with Crippen molar-refractivity contribution in [3.05, 3.63) is 54.1 Å². The maximum atomic E-state index is 11.7. The first-order valence-electron chi connectivity index (χ1n) is 10.9. The lowest BCUT2D eigenvalue weighted by Crippen LogP contribution is -2.40. The largest absolute Gasteiger partial charge is 0.355 e. The first-order chi connectivity index (χ1) is 15.3. The maximum Gasteiger partial charge on any atom is 0.219 e. The number of nitrogens with zero attached hydrogens (tertiary/aromatic N) is 5. The SMILES string of the molecule is CC(=O)N1CCCC(Cn2nnc(-c3ccccc3Nc3ccc(C(C)(P)P)cc3)n2)C1. The second-order valence-electron chi connectivity index (χ2n) is 8.67. The van der Waals surface area contributed by atoms with Gasteiger partial charge in [-0.15, -0.1) is 28.7 Å². The molecule has 1 N–H and O–H groups in total. The zero-order valence-corrected chi connectivity index (χ0v) is 20.8. The molecule has 4 rings (SSSR count). The summed E-state index contributed by atoms with van der Waals surface area (Å²) in [6.45, 7) is 6.03. The number of tetrazole rings is 1. The Morgan fingerprint density at radius 3 is 2.66 bits per heavy atom. The van der Waals surface area contributed by atoms with Gasteiger partial charge in [-0.25, -0.2) is 0 Å². The number of aromatic nitrogens is 4. The molecule has 2 aromatic carbocycles. The fourth-order valence-electron chi connectivity index (χ4n) is 4.01. The summed E-state index contributed by atoms with van der Waals surface area (Å²) in [6, 6.07) is 16.4. The summed E-state index contributed by atoms with van der Waals surface area (Å²) in [7, 11) is 5.68. The molecule has 32 heavy (non-hydrogen) atoms. The fraction of sp³-hybridized carbons (Fsp3) is 0.391. The highest BCUT2D eigenvalue weighted by molar-refractivity contribution is 7.38. The van der Waals surface area contributed by atoms with Gasteiger partial charge in [0.2, 0.25) is 11.7 Å². The van der Waals surface area contributed by atoms with E-state index in [2.05, 4.69) is 70.4 Å². The number of para-hydroxylation sites is 1. The van der Waals surface area contributed by atoms with Crippen LogP contribution in [0.1, 0.15) is 32.3 Å². The van der Waals surface area contributed by atoms with Crippen LogP contribution in [0.4, 0.5) is 11.4 Å². The van der Waals surface area contributed by atoms with Crippen LogP contribution < -0.4 is 5.32 Å². The van der Waals surface area contributed by atoms with Crippen molar-refractivity contribution in [3.8, 4) is 11.4 Å². The van der Waals surface area contributed by atoms with E-state index in [0.29, 0.717) is 18.3 Å². The topological polar surface area (TPSA) is 75.9 Å². The highest BCUT2D eigenvalue weighted by Gasteiger charge is 2.23. The Morgan fingerprint density at radius 2 is 1.94 bits per heavy atom. The summed E-state index contributed by atoms with van der Waals surface area (Å²) in [5, 5.41) is 16.7. The average molecular weight is 468 g/mol. The van der Waals surface area contributed by atoms with Crippen molar-refractivity contribution < 1.29 is 4.79 Å². The molecule has 0 radical (unpaired) electrons. The molecule has 1 aromatic heterocycles. The van der Waals surface area contributed by atoms with E-state index in [9.17, 15) is 4.79 Å². The Hall–Kier alpha value is -2.36. The van der Waals surface area contributed by atoms with E-state index in [0.717, 1.165) is 42.9 Å². The van der Waals surface area contributed by atoms with E-state index in [4.69, 9.17) is 0 Å². The number of hydrogen-bond acceptors (Lipinski definition) is 5. The highest BCUT2D eigenvalue weighted by Crippen LogP contribution is 2.38. The standard InChI is InChI=1S/C23H30N6OP2/c1-16(30)28-13-5-6-17(14-28)15-29-26-22(25-27-29)20-7-3-4-8-21(20)24-19-11-9-18(10-12-19)23(2,31)32/h3-4,7-12,17,24H,5-6,13-15,31-32H2,1-2H3. The molecular weight excluding hydrogens is 438 g/mol.